The summed E-state index contributed by atoms with van der Waals surface area (Å²) in [5.74, 6) is -0.302. The normalized spacial score (nSPS) is 12.9. The molecule has 0 unspecified atom stereocenters. The minimum absolute atomic E-state index is 0.0832. The third kappa shape index (κ3) is 5.12. The highest BCUT2D eigenvalue weighted by Gasteiger charge is 2.12. The van der Waals surface area contributed by atoms with Crippen LogP contribution in [0.4, 0.5) is 4.39 Å². The van der Waals surface area contributed by atoms with E-state index in [9.17, 15) is 9.50 Å². The van der Waals surface area contributed by atoms with Gasteiger partial charge in [-0.3, -0.25) is 4.90 Å². The SMILES string of the molecule is CCCCN(CCO)C[C@H](O)c1ccc(F)cc1. The van der Waals surface area contributed by atoms with E-state index in [0.29, 0.717) is 18.7 Å². The molecule has 0 fully saturated rings. The zero-order valence-corrected chi connectivity index (χ0v) is 10.8. The maximum Gasteiger partial charge on any atom is 0.123 e. The molecular weight excluding hydrogens is 233 g/mol. The first kappa shape index (κ1) is 15.1. The molecule has 1 aromatic carbocycles. The smallest absolute Gasteiger partial charge is 0.123 e. The Bertz CT molecular complexity index is 329. The Morgan fingerprint density at radius 1 is 1.22 bits per heavy atom. The van der Waals surface area contributed by atoms with Crippen LogP contribution in [0.3, 0.4) is 0 Å². The Labute approximate surface area is 108 Å². The number of aliphatic hydroxyl groups is 2. The van der Waals surface area contributed by atoms with Crippen LogP contribution in [-0.2, 0) is 0 Å². The minimum atomic E-state index is -0.644. The molecule has 0 aliphatic rings. The summed E-state index contributed by atoms with van der Waals surface area (Å²) in [6.07, 6.45) is 1.47. The van der Waals surface area contributed by atoms with E-state index in [1.807, 2.05) is 4.90 Å². The van der Waals surface area contributed by atoms with Gasteiger partial charge in [-0.2, -0.15) is 0 Å². The maximum atomic E-state index is 12.8. The molecule has 0 aliphatic heterocycles. The van der Waals surface area contributed by atoms with Crippen LogP contribution in [0.5, 0.6) is 0 Å². The van der Waals surface area contributed by atoms with E-state index in [1.165, 1.54) is 12.1 Å². The van der Waals surface area contributed by atoms with Gasteiger partial charge < -0.3 is 10.2 Å². The van der Waals surface area contributed by atoms with Gasteiger partial charge in [-0.1, -0.05) is 25.5 Å². The van der Waals surface area contributed by atoms with Crippen LogP contribution in [0.2, 0.25) is 0 Å². The number of rotatable bonds is 8. The van der Waals surface area contributed by atoms with Crippen LogP contribution in [0.1, 0.15) is 31.4 Å². The fraction of sp³-hybridized carbons (Fsp3) is 0.571. The van der Waals surface area contributed by atoms with Gasteiger partial charge in [0.25, 0.3) is 0 Å². The lowest BCUT2D eigenvalue weighted by atomic mass is 10.1. The molecule has 1 atom stereocenters. The Hall–Kier alpha value is -0.970. The highest BCUT2D eigenvalue weighted by molar-refractivity contribution is 5.18. The molecule has 0 aromatic heterocycles. The molecule has 0 radical (unpaired) electrons. The number of nitrogens with zero attached hydrogens (tertiary/aromatic N) is 1. The summed E-state index contributed by atoms with van der Waals surface area (Å²) < 4.78 is 12.8. The van der Waals surface area contributed by atoms with Crippen LogP contribution in [-0.4, -0.2) is 41.4 Å². The second kappa shape index (κ2) is 8.19. The van der Waals surface area contributed by atoms with Crippen molar-refractivity contribution in [2.75, 3.05) is 26.2 Å². The summed E-state index contributed by atoms with van der Waals surface area (Å²) in [7, 11) is 0. The number of unbranched alkanes of at least 4 members (excludes halogenated alkanes) is 1. The van der Waals surface area contributed by atoms with Crippen molar-refractivity contribution in [1.82, 2.24) is 4.90 Å². The zero-order valence-electron chi connectivity index (χ0n) is 10.8. The first-order valence-corrected chi connectivity index (χ1v) is 6.44. The van der Waals surface area contributed by atoms with E-state index < -0.39 is 6.10 Å². The van der Waals surface area contributed by atoms with Gasteiger partial charge in [-0.25, -0.2) is 4.39 Å². The molecule has 0 aliphatic carbocycles. The molecule has 3 nitrogen and oxygen atoms in total. The number of aliphatic hydroxyl groups excluding tert-OH is 2. The van der Waals surface area contributed by atoms with Crippen LogP contribution in [0.25, 0.3) is 0 Å². The zero-order chi connectivity index (χ0) is 13.4. The number of halogens is 1. The summed E-state index contributed by atoms with van der Waals surface area (Å²) in [5.41, 5.74) is 0.704. The van der Waals surface area contributed by atoms with Crippen molar-refractivity contribution >= 4 is 0 Å². The van der Waals surface area contributed by atoms with Gasteiger partial charge in [0.2, 0.25) is 0 Å². The predicted molar refractivity (Wildman–Crippen MR) is 69.8 cm³/mol. The first-order valence-electron chi connectivity index (χ1n) is 6.44. The van der Waals surface area contributed by atoms with E-state index in [4.69, 9.17) is 5.11 Å². The van der Waals surface area contributed by atoms with E-state index in [1.54, 1.807) is 12.1 Å². The lowest BCUT2D eigenvalue weighted by molar-refractivity contribution is 0.0989. The van der Waals surface area contributed by atoms with Crippen molar-refractivity contribution in [3.8, 4) is 0 Å². The van der Waals surface area contributed by atoms with Gasteiger partial charge in [-0.15, -0.1) is 0 Å². The Morgan fingerprint density at radius 3 is 2.44 bits per heavy atom. The third-order valence-electron chi connectivity index (χ3n) is 2.93. The predicted octanol–water partition coefficient (Wildman–Crippen LogP) is 1.95. The lowest BCUT2D eigenvalue weighted by Gasteiger charge is -2.24. The van der Waals surface area contributed by atoms with Crippen molar-refractivity contribution in [3.63, 3.8) is 0 Å². The fourth-order valence-corrected chi connectivity index (χ4v) is 1.85. The quantitative estimate of drug-likeness (QED) is 0.746. The van der Waals surface area contributed by atoms with E-state index in [2.05, 4.69) is 6.92 Å². The van der Waals surface area contributed by atoms with Crippen molar-refractivity contribution in [1.29, 1.82) is 0 Å². The largest absolute Gasteiger partial charge is 0.395 e. The van der Waals surface area contributed by atoms with Gasteiger partial charge in [0.15, 0.2) is 0 Å². The van der Waals surface area contributed by atoms with Crippen LogP contribution in [0.15, 0.2) is 24.3 Å². The van der Waals surface area contributed by atoms with E-state index in [-0.39, 0.29) is 12.4 Å². The molecule has 0 saturated heterocycles. The van der Waals surface area contributed by atoms with Crippen LogP contribution < -0.4 is 0 Å². The molecule has 102 valence electrons. The highest BCUT2D eigenvalue weighted by atomic mass is 19.1. The Morgan fingerprint density at radius 2 is 1.89 bits per heavy atom. The van der Waals surface area contributed by atoms with Crippen molar-refractivity contribution in [2.45, 2.75) is 25.9 Å². The molecule has 0 bridgehead atoms. The molecule has 0 heterocycles. The van der Waals surface area contributed by atoms with Gasteiger partial charge in [0, 0.05) is 13.1 Å². The molecule has 1 rings (SSSR count). The van der Waals surface area contributed by atoms with Gasteiger partial charge in [-0.05, 0) is 30.7 Å². The summed E-state index contributed by atoms with van der Waals surface area (Å²) in [6.45, 7) is 4.06. The summed E-state index contributed by atoms with van der Waals surface area (Å²) in [6, 6.07) is 5.88. The Balaban J connectivity index is 2.53. The molecule has 0 spiro atoms. The van der Waals surface area contributed by atoms with Crippen molar-refractivity contribution < 1.29 is 14.6 Å². The second-order valence-corrected chi connectivity index (χ2v) is 4.45. The van der Waals surface area contributed by atoms with Gasteiger partial charge in [0.1, 0.15) is 5.82 Å². The number of hydrogen-bond acceptors (Lipinski definition) is 3. The maximum absolute atomic E-state index is 12.8. The average molecular weight is 255 g/mol. The second-order valence-electron chi connectivity index (χ2n) is 4.45. The monoisotopic (exact) mass is 255 g/mol. The standard InChI is InChI=1S/C14H22FNO2/c1-2-3-8-16(9-10-17)11-14(18)12-4-6-13(15)7-5-12/h4-7,14,17-18H,2-3,8-11H2,1H3/t14-/m0/s1. The minimum Gasteiger partial charge on any atom is -0.395 e. The lowest BCUT2D eigenvalue weighted by Crippen LogP contribution is -2.32. The Kier molecular flexibility index (Phi) is 6.86. The fourth-order valence-electron chi connectivity index (χ4n) is 1.85. The molecule has 18 heavy (non-hydrogen) atoms. The topological polar surface area (TPSA) is 43.7 Å². The number of benzene rings is 1. The number of hydrogen-bond donors (Lipinski definition) is 2. The van der Waals surface area contributed by atoms with Crippen LogP contribution >= 0.6 is 0 Å². The first-order chi connectivity index (χ1) is 8.67. The molecule has 4 heteroatoms. The highest BCUT2D eigenvalue weighted by Crippen LogP contribution is 2.15. The molecule has 2 N–H and O–H groups in total. The molecule has 1 aromatic rings. The molecule has 0 saturated carbocycles. The van der Waals surface area contributed by atoms with E-state index >= 15 is 0 Å². The van der Waals surface area contributed by atoms with Crippen molar-refractivity contribution in [3.05, 3.63) is 35.6 Å². The van der Waals surface area contributed by atoms with Gasteiger partial charge in [0.05, 0.1) is 12.7 Å². The van der Waals surface area contributed by atoms with Crippen molar-refractivity contribution in [2.24, 2.45) is 0 Å². The summed E-state index contributed by atoms with van der Waals surface area (Å²) in [4.78, 5) is 2.03. The van der Waals surface area contributed by atoms with E-state index in [0.717, 1.165) is 19.4 Å². The third-order valence-corrected chi connectivity index (χ3v) is 2.93. The molecule has 0 amide bonds. The average Bonchev–Trinajstić information content (AvgIpc) is 2.37. The summed E-state index contributed by atoms with van der Waals surface area (Å²) in [5, 5.41) is 19.0. The van der Waals surface area contributed by atoms with Gasteiger partial charge >= 0.3 is 0 Å². The molecular formula is C14H22FNO2. The summed E-state index contributed by atoms with van der Waals surface area (Å²) >= 11 is 0. The van der Waals surface area contributed by atoms with Crippen LogP contribution in [0, 0.1) is 5.82 Å².